The van der Waals surface area contributed by atoms with Crippen molar-refractivity contribution in [2.75, 3.05) is 16.8 Å². The molecule has 1 fully saturated rings. The maximum absolute atomic E-state index is 14.2. The Morgan fingerprint density at radius 1 is 0.900 bits per heavy atom. The van der Waals surface area contributed by atoms with Crippen LogP contribution in [-0.4, -0.2) is 36.5 Å². The lowest BCUT2D eigenvalue weighted by atomic mass is 9.94. The van der Waals surface area contributed by atoms with Crippen molar-refractivity contribution in [3.63, 3.8) is 0 Å². The van der Waals surface area contributed by atoms with Gasteiger partial charge in [0.2, 0.25) is 17.9 Å². The zero-order valence-corrected chi connectivity index (χ0v) is 22.3. The first kappa shape index (κ1) is 27.2. The highest BCUT2D eigenvalue weighted by molar-refractivity contribution is 6.04. The molecule has 1 aliphatic carbocycles. The molecule has 2 atom stereocenters. The van der Waals surface area contributed by atoms with Crippen molar-refractivity contribution in [2.45, 2.75) is 57.2 Å². The van der Waals surface area contributed by atoms with Crippen molar-refractivity contribution < 1.29 is 28.2 Å². The van der Waals surface area contributed by atoms with Gasteiger partial charge < -0.3 is 20.1 Å². The van der Waals surface area contributed by atoms with E-state index in [1.807, 2.05) is 6.07 Å². The van der Waals surface area contributed by atoms with Crippen LogP contribution in [-0.2, 0) is 14.4 Å². The summed E-state index contributed by atoms with van der Waals surface area (Å²) >= 11 is 0. The molecule has 2 aliphatic rings. The summed E-state index contributed by atoms with van der Waals surface area (Å²) in [4.78, 5) is 41.2. The summed E-state index contributed by atoms with van der Waals surface area (Å²) in [7, 11) is 0. The molecule has 3 aromatic carbocycles. The zero-order chi connectivity index (χ0) is 28.1. The number of halogens is 1. The van der Waals surface area contributed by atoms with Gasteiger partial charge in [-0.3, -0.25) is 19.3 Å². The molecule has 8 nitrogen and oxygen atoms in total. The minimum Gasteiger partial charge on any atom is -0.485 e. The highest BCUT2D eigenvalue weighted by atomic mass is 19.1. The summed E-state index contributed by atoms with van der Waals surface area (Å²) in [6, 6.07) is 18.2. The van der Waals surface area contributed by atoms with Gasteiger partial charge >= 0.3 is 0 Å². The molecule has 1 saturated carbocycles. The van der Waals surface area contributed by atoms with Crippen LogP contribution in [0.4, 0.5) is 15.8 Å². The summed E-state index contributed by atoms with van der Waals surface area (Å²) in [5.41, 5.74) is 1.40. The van der Waals surface area contributed by atoms with E-state index in [1.54, 1.807) is 42.5 Å². The van der Waals surface area contributed by atoms with E-state index in [1.165, 1.54) is 36.1 Å². The Bertz CT molecular complexity index is 1360. The molecule has 40 heavy (non-hydrogen) atoms. The first-order chi connectivity index (χ1) is 19.4. The van der Waals surface area contributed by atoms with Crippen LogP contribution >= 0.6 is 0 Å². The molecule has 0 radical (unpaired) electrons. The van der Waals surface area contributed by atoms with Gasteiger partial charge in [0.1, 0.15) is 18.5 Å². The summed E-state index contributed by atoms with van der Waals surface area (Å²) in [5, 5.41) is 5.85. The van der Waals surface area contributed by atoms with Gasteiger partial charge in [-0.15, -0.1) is 0 Å². The van der Waals surface area contributed by atoms with E-state index in [-0.39, 0.29) is 24.5 Å². The second-order valence-corrected chi connectivity index (χ2v) is 10.1. The second-order valence-electron chi connectivity index (χ2n) is 10.1. The van der Waals surface area contributed by atoms with Crippen LogP contribution in [0.5, 0.6) is 11.5 Å². The first-order valence-corrected chi connectivity index (χ1v) is 13.5. The average molecular weight is 546 g/mol. The average Bonchev–Trinajstić information content (AvgIpc) is 2.96. The van der Waals surface area contributed by atoms with E-state index >= 15 is 0 Å². The topological polar surface area (TPSA) is 97.0 Å². The lowest BCUT2D eigenvalue weighted by molar-refractivity contribution is -0.132. The molecule has 0 unspecified atom stereocenters. The number of benzene rings is 3. The molecule has 0 saturated heterocycles. The number of carbonyl (C=O) groups is 3. The molecule has 1 heterocycles. The number of anilines is 2. The van der Waals surface area contributed by atoms with Crippen LogP contribution in [0.1, 0.15) is 50.6 Å². The van der Waals surface area contributed by atoms with Gasteiger partial charge in [0, 0.05) is 24.3 Å². The number of carbonyl (C=O) groups excluding carboxylic acids is 3. The number of ether oxygens (including phenoxy) is 2. The largest absolute Gasteiger partial charge is 0.485 e. The maximum Gasteiger partial charge on any atom is 0.272 e. The standard InChI is InChI=1S/C31H32FN3O5/c1-20(36)33-24-15-17-25(18-16-24)35(31(38)28-19-39-26-9-5-6-10-27(26)40-28)29(21-11-13-22(32)14-12-21)30(37)34-23-7-3-2-4-8-23/h5-6,9-18,23,28-29H,2-4,7-8,19H2,1H3,(H,33,36)(H,34,37)/t28-,29+/m0/s1. The van der Waals surface area contributed by atoms with Crippen molar-refractivity contribution in [2.24, 2.45) is 0 Å². The molecule has 3 aromatic rings. The van der Waals surface area contributed by atoms with Crippen molar-refractivity contribution in [1.29, 1.82) is 0 Å². The zero-order valence-electron chi connectivity index (χ0n) is 22.3. The van der Waals surface area contributed by atoms with Gasteiger partial charge in [-0.25, -0.2) is 4.39 Å². The van der Waals surface area contributed by atoms with Crippen molar-refractivity contribution >= 4 is 29.1 Å². The predicted octanol–water partition coefficient (Wildman–Crippen LogP) is 5.15. The molecule has 1 aliphatic heterocycles. The summed E-state index contributed by atoms with van der Waals surface area (Å²) < 4.78 is 25.8. The second kappa shape index (κ2) is 12.2. The third-order valence-electron chi connectivity index (χ3n) is 7.13. The molecule has 2 N–H and O–H groups in total. The van der Waals surface area contributed by atoms with Gasteiger partial charge in [-0.05, 0) is 66.9 Å². The minimum atomic E-state index is -1.11. The van der Waals surface area contributed by atoms with Crippen LogP contribution in [0.25, 0.3) is 0 Å². The van der Waals surface area contributed by atoms with Gasteiger partial charge in [0.25, 0.3) is 5.91 Å². The predicted molar refractivity (Wildman–Crippen MR) is 149 cm³/mol. The molecule has 208 valence electrons. The molecule has 3 amide bonds. The molecular formula is C31H32FN3O5. The minimum absolute atomic E-state index is 0.00978. The Morgan fingerprint density at radius 3 is 2.25 bits per heavy atom. The SMILES string of the molecule is CC(=O)Nc1ccc(N(C(=O)[C@@H]2COc3ccccc3O2)[C@@H](C(=O)NC2CCCCC2)c2ccc(F)cc2)cc1. The van der Waals surface area contributed by atoms with E-state index in [2.05, 4.69) is 10.6 Å². The number of para-hydroxylation sites is 2. The molecular weight excluding hydrogens is 513 g/mol. The number of nitrogens with one attached hydrogen (secondary N) is 2. The summed E-state index contributed by atoms with van der Waals surface area (Å²) in [5.74, 6) is -0.581. The third kappa shape index (κ3) is 6.25. The van der Waals surface area contributed by atoms with E-state index in [0.717, 1.165) is 32.1 Å². The molecule has 0 bridgehead atoms. The Labute approximate surface area is 232 Å². The monoisotopic (exact) mass is 545 g/mol. The quantitative estimate of drug-likeness (QED) is 0.428. The van der Waals surface area contributed by atoms with Crippen LogP contribution < -0.4 is 25.0 Å². The Balaban J connectivity index is 1.54. The number of hydrogen-bond donors (Lipinski definition) is 2. The van der Waals surface area contributed by atoms with Gasteiger partial charge in [0.15, 0.2) is 11.5 Å². The van der Waals surface area contributed by atoms with Crippen molar-refractivity contribution in [1.82, 2.24) is 5.32 Å². The van der Waals surface area contributed by atoms with Crippen molar-refractivity contribution in [3.05, 3.63) is 84.2 Å². The Morgan fingerprint density at radius 2 is 1.57 bits per heavy atom. The Hall–Kier alpha value is -4.40. The fourth-order valence-corrected chi connectivity index (χ4v) is 5.20. The number of fused-ring (bicyclic) bond motifs is 1. The van der Waals surface area contributed by atoms with E-state index in [0.29, 0.717) is 28.4 Å². The third-order valence-corrected chi connectivity index (χ3v) is 7.13. The molecule has 9 heteroatoms. The van der Waals surface area contributed by atoms with Gasteiger partial charge in [0.05, 0.1) is 0 Å². The van der Waals surface area contributed by atoms with Gasteiger partial charge in [-0.1, -0.05) is 43.5 Å². The lowest BCUT2D eigenvalue weighted by Crippen LogP contribution is -2.52. The Kier molecular flexibility index (Phi) is 8.28. The molecule has 0 spiro atoms. The summed E-state index contributed by atoms with van der Waals surface area (Å²) in [6.45, 7) is 1.36. The fraction of sp³-hybridized carbons (Fsp3) is 0.323. The van der Waals surface area contributed by atoms with Crippen LogP contribution in [0.15, 0.2) is 72.8 Å². The molecule has 5 rings (SSSR count). The lowest BCUT2D eigenvalue weighted by Gasteiger charge is -2.36. The molecule has 0 aromatic heterocycles. The van der Waals surface area contributed by atoms with E-state index < -0.39 is 23.9 Å². The highest BCUT2D eigenvalue weighted by Crippen LogP contribution is 2.35. The number of hydrogen-bond acceptors (Lipinski definition) is 5. The van der Waals surface area contributed by atoms with E-state index in [9.17, 15) is 18.8 Å². The van der Waals surface area contributed by atoms with E-state index in [4.69, 9.17) is 9.47 Å². The highest BCUT2D eigenvalue weighted by Gasteiger charge is 2.39. The number of rotatable bonds is 7. The number of nitrogens with zero attached hydrogens (tertiary/aromatic N) is 1. The normalized spacial score (nSPS) is 17.4. The van der Waals surface area contributed by atoms with Crippen LogP contribution in [0, 0.1) is 5.82 Å². The van der Waals surface area contributed by atoms with Gasteiger partial charge in [-0.2, -0.15) is 0 Å². The smallest absolute Gasteiger partial charge is 0.272 e. The summed E-state index contributed by atoms with van der Waals surface area (Å²) in [6.07, 6.45) is 3.85. The maximum atomic E-state index is 14.2. The first-order valence-electron chi connectivity index (χ1n) is 13.5. The van der Waals surface area contributed by atoms with Crippen LogP contribution in [0.2, 0.25) is 0 Å². The fourth-order valence-electron chi connectivity index (χ4n) is 5.20. The van der Waals surface area contributed by atoms with Crippen LogP contribution in [0.3, 0.4) is 0 Å². The van der Waals surface area contributed by atoms with Crippen molar-refractivity contribution in [3.8, 4) is 11.5 Å². The number of amides is 3.